The number of hydrogen-bond donors (Lipinski definition) is 1. The van der Waals surface area contributed by atoms with E-state index in [0.717, 1.165) is 4.90 Å². The molecule has 2 heterocycles. The maximum atomic E-state index is 12.9. The maximum absolute atomic E-state index is 12.9. The minimum absolute atomic E-state index is 0.166. The van der Waals surface area contributed by atoms with Crippen LogP contribution in [-0.2, 0) is 19.1 Å². The van der Waals surface area contributed by atoms with Crippen molar-refractivity contribution in [2.45, 2.75) is 22.6 Å². The molecule has 2 aromatic rings. The first kappa shape index (κ1) is 20.0. The van der Waals surface area contributed by atoms with Crippen LogP contribution in [0, 0.1) is 0 Å². The number of nitrogens with one attached hydrogen (secondary N) is 1. The number of thioether (sulfide) groups is 1. The molecule has 0 bridgehead atoms. The van der Waals surface area contributed by atoms with Crippen LogP contribution < -0.4 is 15.0 Å². The summed E-state index contributed by atoms with van der Waals surface area (Å²) < 4.78 is 10.3. The van der Waals surface area contributed by atoms with Gasteiger partial charge in [-0.25, -0.2) is 4.79 Å². The van der Waals surface area contributed by atoms with Crippen molar-refractivity contribution < 1.29 is 28.7 Å². The highest BCUT2D eigenvalue weighted by Gasteiger charge is 2.58. The maximum Gasteiger partial charge on any atom is 0.344 e. The number of methoxy groups -OCH3 is 1. The molecule has 0 unspecified atom stereocenters. The van der Waals surface area contributed by atoms with Crippen molar-refractivity contribution in [2.75, 3.05) is 18.6 Å². The summed E-state index contributed by atoms with van der Waals surface area (Å²) in [7, 11) is 1.42. The van der Waals surface area contributed by atoms with Gasteiger partial charge in [0.2, 0.25) is 5.91 Å². The summed E-state index contributed by atoms with van der Waals surface area (Å²) in [5.74, 6) is -1.97. The highest BCUT2D eigenvalue weighted by Crippen LogP contribution is 2.56. The Kier molecular flexibility index (Phi) is 5.21. The Balaban J connectivity index is 1.42. The first-order valence-electron chi connectivity index (χ1n) is 9.22. The number of amides is 3. The molecule has 1 atom stereocenters. The summed E-state index contributed by atoms with van der Waals surface area (Å²) in [4.78, 5) is 50.8. The van der Waals surface area contributed by atoms with E-state index < -0.39 is 29.3 Å². The molecule has 2 aliphatic heterocycles. The average Bonchev–Trinajstić information content (AvgIpc) is 3.27. The van der Waals surface area contributed by atoms with Crippen molar-refractivity contribution in [1.82, 2.24) is 5.32 Å². The predicted molar refractivity (Wildman–Crippen MR) is 108 cm³/mol. The van der Waals surface area contributed by atoms with Gasteiger partial charge in [0.05, 0.1) is 18.4 Å². The molecule has 0 radical (unpaired) electrons. The topological polar surface area (TPSA) is 102 Å². The minimum Gasteiger partial charge on any atom is -0.496 e. The Bertz CT molecular complexity index is 1060. The van der Waals surface area contributed by atoms with Crippen LogP contribution in [0.3, 0.4) is 0 Å². The molecule has 0 aliphatic carbocycles. The summed E-state index contributed by atoms with van der Waals surface area (Å²) in [5, 5.41) is 2.18. The number of ether oxygens (including phenoxy) is 2. The number of carbonyl (C=O) groups is 4. The lowest BCUT2D eigenvalue weighted by atomic mass is 10.2. The molecule has 1 N–H and O–H groups in total. The molecular weight excluding hydrogens is 408 g/mol. The van der Waals surface area contributed by atoms with Crippen LogP contribution in [0.2, 0.25) is 0 Å². The van der Waals surface area contributed by atoms with Crippen LogP contribution in [0.5, 0.6) is 5.75 Å². The Labute approximate surface area is 176 Å². The summed E-state index contributed by atoms with van der Waals surface area (Å²) in [6.07, 6.45) is 0.501. The molecule has 0 spiro atoms. The first-order chi connectivity index (χ1) is 14.5. The quantitative estimate of drug-likeness (QED) is 0.731. The second-order valence-corrected chi connectivity index (χ2v) is 8.06. The molecule has 0 aromatic heterocycles. The van der Waals surface area contributed by atoms with Crippen LogP contribution in [0.15, 0.2) is 53.4 Å². The summed E-state index contributed by atoms with van der Waals surface area (Å²) >= 11 is 1.25. The van der Waals surface area contributed by atoms with E-state index in [2.05, 4.69) is 5.32 Å². The lowest BCUT2D eigenvalue weighted by Gasteiger charge is -2.28. The van der Waals surface area contributed by atoms with Crippen molar-refractivity contribution >= 4 is 41.1 Å². The predicted octanol–water partition coefficient (Wildman–Crippen LogP) is 2.12. The lowest BCUT2D eigenvalue weighted by molar-refractivity contribution is -0.150. The van der Waals surface area contributed by atoms with Crippen LogP contribution in [-0.4, -0.2) is 42.3 Å². The molecule has 2 aromatic carbocycles. The van der Waals surface area contributed by atoms with Crippen LogP contribution in [0.1, 0.15) is 23.2 Å². The molecular formula is C21H18N2O6S. The van der Waals surface area contributed by atoms with E-state index in [-0.39, 0.29) is 24.3 Å². The van der Waals surface area contributed by atoms with Gasteiger partial charge in [-0.2, -0.15) is 0 Å². The van der Waals surface area contributed by atoms with E-state index in [1.807, 2.05) is 12.1 Å². The standard InChI is InChI=1S/C21H18N2O6S/c1-28-15-8-4-2-6-13(15)19(26)22-17(24)12-29-20(27)21-11-10-18(25)23(21)14-7-3-5-9-16(14)30-21/h2-9H,10-12H2,1H3,(H,22,24,26)/t21-/m1/s1. The zero-order valence-corrected chi connectivity index (χ0v) is 16.9. The van der Waals surface area contributed by atoms with Crippen molar-refractivity contribution in [1.29, 1.82) is 0 Å². The SMILES string of the molecule is COc1ccccc1C(=O)NC(=O)COC(=O)[C@]12CCC(=O)N1c1ccccc1S2. The highest BCUT2D eigenvalue weighted by atomic mass is 32.2. The number of hydrogen-bond acceptors (Lipinski definition) is 7. The van der Waals surface area contributed by atoms with Crippen molar-refractivity contribution in [3.8, 4) is 5.75 Å². The van der Waals surface area contributed by atoms with E-state index in [1.54, 1.807) is 30.3 Å². The molecule has 2 aliphatic rings. The van der Waals surface area contributed by atoms with Gasteiger partial charge in [-0.3, -0.25) is 24.6 Å². The van der Waals surface area contributed by atoms with Gasteiger partial charge in [0.25, 0.3) is 11.8 Å². The van der Waals surface area contributed by atoms with E-state index in [9.17, 15) is 19.2 Å². The average molecular weight is 426 g/mol. The summed E-state index contributed by atoms with van der Waals surface area (Å²) in [5.41, 5.74) is 0.852. The number of rotatable bonds is 5. The fraction of sp³-hybridized carbons (Fsp3) is 0.238. The second-order valence-electron chi connectivity index (χ2n) is 6.74. The van der Waals surface area contributed by atoms with E-state index in [1.165, 1.54) is 29.8 Å². The van der Waals surface area contributed by atoms with Gasteiger partial charge >= 0.3 is 5.97 Å². The Hall–Kier alpha value is -3.33. The van der Waals surface area contributed by atoms with Crippen molar-refractivity contribution in [3.05, 3.63) is 54.1 Å². The third-order valence-electron chi connectivity index (χ3n) is 4.93. The van der Waals surface area contributed by atoms with Gasteiger partial charge in [0.1, 0.15) is 5.75 Å². The zero-order chi connectivity index (χ0) is 21.3. The third kappa shape index (κ3) is 3.30. The fourth-order valence-corrected chi connectivity index (χ4v) is 4.99. The molecule has 9 heteroatoms. The number of nitrogens with zero attached hydrogens (tertiary/aromatic N) is 1. The molecule has 0 saturated carbocycles. The van der Waals surface area contributed by atoms with Crippen molar-refractivity contribution in [2.24, 2.45) is 0 Å². The highest BCUT2D eigenvalue weighted by molar-refractivity contribution is 8.02. The number of anilines is 1. The largest absolute Gasteiger partial charge is 0.496 e. The Morgan fingerprint density at radius 2 is 1.87 bits per heavy atom. The number of benzene rings is 2. The number of para-hydroxylation sites is 2. The molecule has 4 rings (SSSR count). The van der Waals surface area contributed by atoms with Crippen LogP contribution >= 0.6 is 11.8 Å². The second kappa shape index (κ2) is 7.83. The van der Waals surface area contributed by atoms with Gasteiger partial charge in [-0.15, -0.1) is 0 Å². The molecule has 8 nitrogen and oxygen atoms in total. The minimum atomic E-state index is -1.21. The number of esters is 1. The normalized spacial score (nSPS) is 19.1. The van der Waals surface area contributed by atoms with Gasteiger partial charge in [-0.1, -0.05) is 36.0 Å². The van der Waals surface area contributed by atoms with Crippen molar-refractivity contribution in [3.63, 3.8) is 0 Å². The Morgan fingerprint density at radius 1 is 1.13 bits per heavy atom. The van der Waals surface area contributed by atoms with Gasteiger partial charge in [-0.05, 0) is 24.3 Å². The Morgan fingerprint density at radius 3 is 2.67 bits per heavy atom. The molecule has 1 fully saturated rings. The molecule has 3 amide bonds. The third-order valence-corrected chi connectivity index (χ3v) is 6.39. The number of fused-ring (bicyclic) bond motifs is 3. The fourth-order valence-electron chi connectivity index (χ4n) is 3.58. The van der Waals surface area contributed by atoms with Gasteiger partial charge in [0, 0.05) is 17.7 Å². The van der Waals surface area contributed by atoms with Gasteiger partial charge < -0.3 is 9.47 Å². The molecule has 30 heavy (non-hydrogen) atoms. The molecule has 1 saturated heterocycles. The van der Waals surface area contributed by atoms with E-state index in [0.29, 0.717) is 11.4 Å². The zero-order valence-electron chi connectivity index (χ0n) is 16.0. The van der Waals surface area contributed by atoms with E-state index in [4.69, 9.17) is 9.47 Å². The summed E-state index contributed by atoms with van der Waals surface area (Å²) in [6.45, 7) is -0.638. The number of imide groups is 1. The van der Waals surface area contributed by atoms with E-state index >= 15 is 0 Å². The monoisotopic (exact) mass is 426 g/mol. The van der Waals surface area contributed by atoms with Gasteiger partial charge in [0.15, 0.2) is 11.5 Å². The van der Waals surface area contributed by atoms with Crippen LogP contribution in [0.4, 0.5) is 5.69 Å². The lowest BCUT2D eigenvalue weighted by Crippen LogP contribution is -2.48. The first-order valence-corrected chi connectivity index (χ1v) is 10.0. The summed E-state index contributed by atoms with van der Waals surface area (Å²) in [6, 6.07) is 13.7. The molecule has 154 valence electrons. The van der Waals surface area contributed by atoms with Crippen LogP contribution in [0.25, 0.3) is 0 Å². The number of carbonyl (C=O) groups excluding carboxylic acids is 4. The smallest absolute Gasteiger partial charge is 0.344 e.